The summed E-state index contributed by atoms with van der Waals surface area (Å²) in [5.41, 5.74) is 1.08. The van der Waals surface area contributed by atoms with E-state index in [1.165, 1.54) is 12.8 Å². The second-order valence-corrected chi connectivity index (χ2v) is 6.30. The van der Waals surface area contributed by atoms with Crippen LogP contribution < -0.4 is 10.1 Å². The first-order chi connectivity index (χ1) is 9.70. The van der Waals surface area contributed by atoms with Crippen LogP contribution in [-0.4, -0.2) is 42.2 Å². The normalized spacial score (nSPS) is 21.1. The van der Waals surface area contributed by atoms with Crippen molar-refractivity contribution in [3.05, 3.63) is 22.8 Å². The summed E-state index contributed by atoms with van der Waals surface area (Å²) in [4.78, 5) is 6.63. The smallest absolute Gasteiger partial charge is 0.213 e. The van der Waals surface area contributed by atoms with Crippen LogP contribution >= 0.6 is 11.6 Å². The third kappa shape index (κ3) is 3.84. The van der Waals surface area contributed by atoms with E-state index in [0.717, 1.165) is 38.0 Å². The van der Waals surface area contributed by atoms with Crippen LogP contribution in [0, 0.1) is 0 Å². The van der Waals surface area contributed by atoms with Crippen molar-refractivity contribution in [2.75, 3.05) is 20.1 Å². The van der Waals surface area contributed by atoms with Gasteiger partial charge in [0.2, 0.25) is 5.88 Å². The van der Waals surface area contributed by atoms with E-state index in [-0.39, 0.29) is 6.10 Å². The first-order valence-electron chi connectivity index (χ1n) is 7.44. The van der Waals surface area contributed by atoms with E-state index in [0.29, 0.717) is 16.9 Å². The Hall–Kier alpha value is -0.840. The van der Waals surface area contributed by atoms with Gasteiger partial charge in [-0.05, 0) is 38.3 Å². The minimum absolute atomic E-state index is 0.282. The predicted octanol–water partition coefficient (Wildman–Crippen LogP) is 2.46. The van der Waals surface area contributed by atoms with E-state index in [4.69, 9.17) is 16.3 Å². The SMILES string of the molecule is CN1CCC(Oc2cc(CNC3CC3)c(Cl)cn2)CC1. The summed E-state index contributed by atoms with van der Waals surface area (Å²) in [7, 11) is 2.15. The molecule has 2 heterocycles. The van der Waals surface area contributed by atoms with Gasteiger partial charge >= 0.3 is 0 Å². The summed E-state index contributed by atoms with van der Waals surface area (Å²) in [6.45, 7) is 2.98. The molecule has 0 unspecified atom stereocenters. The summed E-state index contributed by atoms with van der Waals surface area (Å²) in [5, 5.41) is 4.19. The van der Waals surface area contributed by atoms with Crippen LogP contribution in [0.4, 0.5) is 0 Å². The van der Waals surface area contributed by atoms with Crippen LogP contribution in [0.3, 0.4) is 0 Å². The molecule has 1 saturated carbocycles. The van der Waals surface area contributed by atoms with Crippen LogP contribution in [-0.2, 0) is 6.54 Å². The highest BCUT2D eigenvalue weighted by Gasteiger charge is 2.21. The minimum atomic E-state index is 0.282. The number of likely N-dealkylation sites (tertiary alicyclic amines) is 1. The maximum atomic E-state index is 6.20. The molecule has 2 aliphatic rings. The van der Waals surface area contributed by atoms with Gasteiger partial charge in [-0.1, -0.05) is 11.6 Å². The van der Waals surface area contributed by atoms with E-state index in [9.17, 15) is 0 Å². The molecule has 2 fully saturated rings. The molecular formula is C15H22ClN3O. The second-order valence-electron chi connectivity index (χ2n) is 5.89. The van der Waals surface area contributed by atoms with Gasteiger partial charge in [0.25, 0.3) is 0 Å². The standard InChI is InChI=1S/C15H22ClN3O/c1-19-6-4-13(5-7-19)20-15-8-11(14(16)10-18-15)9-17-12-2-3-12/h8,10,12-13,17H,2-7,9H2,1H3. The average Bonchev–Trinajstić information content (AvgIpc) is 3.26. The molecule has 1 saturated heterocycles. The lowest BCUT2D eigenvalue weighted by atomic mass is 10.1. The summed E-state index contributed by atoms with van der Waals surface area (Å²) < 4.78 is 6.00. The van der Waals surface area contributed by atoms with Gasteiger partial charge in [-0.25, -0.2) is 4.98 Å². The highest BCUT2D eigenvalue weighted by atomic mass is 35.5. The number of nitrogens with zero attached hydrogens (tertiary/aromatic N) is 2. The van der Waals surface area contributed by atoms with Crippen molar-refractivity contribution in [3.63, 3.8) is 0 Å². The van der Waals surface area contributed by atoms with Crippen molar-refractivity contribution >= 4 is 11.6 Å². The van der Waals surface area contributed by atoms with Crippen molar-refractivity contribution < 1.29 is 4.74 Å². The van der Waals surface area contributed by atoms with Gasteiger partial charge in [0.15, 0.2) is 0 Å². The molecule has 1 N–H and O–H groups in total. The van der Waals surface area contributed by atoms with Gasteiger partial charge in [-0.3, -0.25) is 0 Å². The Morgan fingerprint density at radius 3 is 2.80 bits per heavy atom. The number of halogens is 1. The lowest BCUT2D eigenvalue weighted by molar-refractivity contribution is 0.110. The molecule has 4 nitrogen and oxygen atoms in total. The molecule has 0 amide bonds. The zero-order valence-electron chi connectivity index (χ0n) is 11.9. The Morgan fingerprint density at radius 1 is 1.35 bits per heavy atom. The molecule has 110 valence electrons. The summed E-state index contributed by atoms with van der Waals surface area (Å²) in [6.07, 6.45) is 6.68. The monoisotopic (exact) mass is 295 g/mol. The van der Waals surface area contributed by atoms with Crippen LogP contribution in [0.2, 0.25) is 5.02 Å². The molecule has 0 aromatic carbocycles. The first-order valence-corrected chi connectivity index (χ1v) is 7.81. The van der Waals surface area contributed by atoms with Gasteiger partial charge in [0, 0.05) is 37.9 Å². The largest absolute Gasteiger partial charge is 0.474 e. The predicted molar refractivity (Wildman–Crippen MR) is 80.3 cm³/mol. The van der Waals surface area contributed by atoms with Crippen molar-refractivity contribution in [1.82, 2.24) is 15.2 Å². The highest BCUT2D eigenvalue weighted by molar-refractivity contribution is 6.31. The average molecular weight is 296 g/mol. The van der Waals surface area contributed by atoms with Crippen molar-refractivity contribution in [3.8, 4) is 5.88 Å². The highest BCUT2D eigenvalue weighted by Crippen LogP contribution is 2.24. The first kappa shape index (κ1) is 14.1. The Bertz CT molecular complexity index is 456. The Morgan fingerprint density at radius 2 is 2.10 bits per heavy atom. The number of rotatable bonds is 5. The van der Waals surface area contributed by atoms with Gasteiger partial charge < -0.3 is 15.0 Å². The lowest BCUT2D eigenvalue weighted by Crippen LogP contribution is -2.35. The molecule has 0 radical (unpaired) electrons. The third-order valence-electron chi connectivity index (χ3n) is 4.02. The van der Waals surface area contributed by atoms with E-state index in [2.05, 4.69) is 22.2 Å². The number of nitrogens with one attached hydrogen (secondary N) is 1. The van der Waals surface area contributed by atoms with E-state index < -0.39 is 0 Å². The van der Waals surface area contributed by atoms with Crippen LogP contribution in [0.1, 0.15) is 31.2 Å². The van der Waals surface area contributed by atoms with Crippen molar-refractivity contribution in [1.29, 1.82) is 0 Å². The molecule has 3 rings (SSSR count). The molecule has 1 aliphatic carbocycles. The van der Waals surface area contributed by atoms with Crippen molar-refractivity contribution in [2.24, 2.45) is 0 Å². The zero-order chi connectivity index (χ0) is 13.9. The number of hydrogen-bond acceptors (Lipinski definition) is 4. The molecule has 5 heteroatoms. The number of pyridine rings is 1. The van der Waals surface area contributed by atoms with E-state index >= 15 is 0 Å². The Balaban J connectivity index is 1.59. The molecule has 1 aromatic heterocycles. The Kier molecular flexibility index (Phi) is 4.44. The van der Waals surface area contributed by atoms with E-state index in [1.54, 1.807) is 6.20 Å². The van der Waals surface area contributed by atoms with Gasteiger partial charge in [-0.2, -0.15) is 0 Å². The van der Waals surface area contributed by atoms with Gasteiger partial charge in [-0.15, -0.1) is 0 Å². The molecule has 1 aromatic rings. The minimum Gasteiger partial charge on any atom is -0.474 e. The second kappa shape index (κ2) is 6.29. The number of hydrogen-bond donors (Lipinski definition) is 1. The molecular weight excluding hydrogens is 274 g/mol. The maximum Gasteiger partial charge on any atom is 0.213 e. The summed E-state index contributed by atoms with van der Waals surface area (Å²) in [6, 6.07) is 2.66. The number of piperidine rings is 1. The number of ether oxygens (including phenoxy) is 1. The van der Waals surface area contributed by atoms with Gasteiger partial charge in [0.05, 0.1) is 5.02 Å². The van der Waals surface area contributed by atoms with Crippen LogP contribution in [0.15, 0.2) is 12.3 Å². The molecule has 0 atom stereocenters. The molecule has 20 heavy (non-hydrogen) atoms. The van der Waals surface area contributed by atoms with Crippen LogP contribution in [0.5, 0.6) is 5.88 Å². The molecule has 0 bridgehead atoms. The Labute approximate surface area is 125 Å². The van der Waals surface area contributed by atoms with E-state index in [1.807, 2.05) is 6.07 Å². The zero-order valence-corrected chi connectivity index (χ0v) is 12.7. The van der Waals surface area contributed by atoms with Crippen LogP contribution in [0.25, 0.3) is 0 Å². The fraction of sp³-hybridized carbons (Fsp3) is 0.667. The fourth-order valence-electron chi connectivity index (χ4n) is 2.47. The van der Waals surface area contributed by atoms with Crippen molar-refractivity contribution in [2.45, 2.75) is 44.4 Å². The lowest BCUT2D eigenvalue weighted by Gasteiger charge is -2.29. The molecule has 1 aliphatic heterocycles. The quantitative estimate of drug-likeness (QED) is 0.905. The third-order valence-corrected chi connectivity index (χ3v) is 4.36. The summed E-state index contributed by atoms with van der Waals surface area (Å²) >= 11 is 6.20. The topological polar surface area (TPSA) is 37.4 Å². The maximum absolute atomic E-state index is 6.20. The van der Waals surface area contributed by atoms with Gasteiger partial charge in [0.1, 0.15) is 6.10 Å². The molecule has 0 spiro atoms. The number of aromatic nitrogens is 1. The fourth-order valence-corrected chi connectivity index (χ4v) is 2.64. The summed E-state index contributed by atoms with van der Waals surface area (Å²) in [5.74, 6) is 0.705.